The predicted molar refractivity (Wildman–Crippen MR) is 123 cm³/mol. The Morgan fingerprint density at radius 1 is 1.38 bits per heavy atom. The highest BCUT2D eigenvalue weighted by molar-refractivity contribution is 8.16. The molecule has 0 aromatic heterocycles. The summed E-state index contributed by atoms with van der Waals surface area (Å²) in [6, 6.07) is 5.50. The summed E-state index contributed by atoms with van der Waals surface area (Å²) in [4.78, 5) is 42.8. The Kier molecular flexibility index (Phi) is 7.34. The molecule has 0 radical (unpaired) electrons. The van der Waals surface area contributed by atoms with Gasteiger partial charge in [-0.15, -0.1) is 0 Å². The lowest BCUT2D eigenvalue weighted by Crippen LogP contribution is -2.39. The van der Waals surface area contributed by atoms with Gasteiger partial charge in [-0.3, -0.25) is 14.9 Å². The fourth-order valence-electron chi connectivity index (χ4n) is 3.56. The molecule has 0 saturated carbocycles. The van der Waals surface area contributed by atoms with E-state index in [1.807, 2.05) is 19.3 Å². The van der Waals surface area contributed by atoms with E-state index in [0.717, 1.165) is 6.42 Å². The summed E-state index contributed by atoms with van der Waals surface area (Å²) in [5.74, 6) is -0.682. The summed E-state index contributed by atoms with van der Waals surface area (Å²) in [5, 5.41) is 16.8. The summed E-state index contributed by atoms with van der Waals surface area (Å²) in [7, 11) is 0. The number of thioether (sulfide) groups is 1. The van der Waals surface area contributed by atoms with Gasteiger partial charge < -0.3 is 15.0 Å². The second kappa shape index (κ2) is 9.99. The van der Waals surface area contributed by atoms with Crippen molar-refractivity contribution in [3.8, 4) is 0 Å². The Morgan fingerprint density at radius 3 is 2.78 bits per heavy atom. The van der Waals surface area contributed by atoms with Crippen molar-refractivity contribution >= 4 is 34.5 Å². The van der Waals surface area contributed by atoms with Gasteiger partial charge in [-0.05, 0) is 38.2 Å². The Morgan fingerprint density at radius 2 is 2.12 bits per heavy atom. The number of ether oxygens (including phenoxy) is 1. The third-order valence-corrected chi connectivity index (χ3v) is 6.14. The molecule has 1 aromatic rings. The second-order valence-electron chi connectivity index (χ2n) is 7.52. The molecule has 2 aliphatic heterocycles. The van der Waals surface area contributed by atoms with Crippen molar-refractivity contribution in [2.24, 2.45) is 4.99 Å². The molecule has 0 bridgehead atoms. The molecule has 3 rings (SSSR count). The number of esters is 1. The smallest absolute Gasteiger partial charge is 0.338 e. The summed E-state index contributed by atoms with van der Waals surface area (Å²) >= 11 is 1.35. The van der Waals surface area contributed by atoms with Crippen LogP contribution in [0.1, 0.15) is 52.1 Å². The van der Waals surface area contributed by atoms with Crippen molar-refractivity contribution in [3.63, 3.8) is 0 Å². The molecule has 9 nitrogen and oxygen atoms in total. The zero-order valence-corrected chi connectivity index (χ0v) is 19.3. The van der Waals surface area contributed by atoms with E-state index in [9.17, 15) is 19.7 Å². The van der Waals surface area contributed by atoms with Crippen molar-refractivity contribution < 1.29 is 19.2 Å². The number of nitrogens with one attached hydrogen (secondary N) is 1. The number of nitrogens with zero attached hydrogens (tertiary/aromatic N) is 3. The molecule has 2 atom stereocenters. The van der Waals surface area contributed by atoms with Gasteiger partial charge in [0, 0.05) is 23.9 Å². The number of benzene rings is 1. The summed E-state index contributed by atoms with van der Waals surface area (Å²) in [5.41, 5.74) is 1.91. The minimum absolute atomic E-state index is 0.0384. The number of carbonyl (C=O) groups is 2. The number of hydrogen-bond acceptors (Lipinski definition) is 8. The zero-order valence-electron chi connectivity index (χ0n) is 18.5. The van der Waals surface area contributed by atoms with Gasteiger partial charge in [0.05, 0.1) is 35.3 Å². The Hall–Kier alpha value is -3.14. The third-order valence-electron chi connectivity index (χ3n) is 5.25. The molecule has 0 saturated heterocycles. The van der Waals surface area contributed by atoms with Crippen LogP contribution in [0.15, 0.2) is 51.6 Å². The maximum absolute atomic E-state index is 12.9. The molecule has 2 aliphatic rings. The number of rotatable bonds is 8. The summed E-state index contributed by atoms with van der Waals surface area (Å²) in [6.45, 7) is 7.53. The number of non-ortho nitro benzene ring substituents is 1. The third kappa shape index (κ3) is 4.85. The SMILES string of the molecule is CCOC(=O)C1=C(C)N=C2SC=C(CC(=O)N[C@H](C)CC)N2[C@H]1c1cccc([N+](=O)[O-])c1. The van der Waals surface area contributed by atoms with Crippen LogP contribution in [0, 0.1) is 10.1 Å². The van der Waals surface area contributed by atoms with Gasteiger partial charge in [0.2, 0.25) is 5.91 Å². The monoisotopic (exact) mass is 458 g/mol. The molecule has 32 heavy (non-hydrogen) atoms. The Balaban J connectivity index is 2.05. The van der Waals surface area contributed by atoms with Crippen LogP contribution in [0.3, 0.4) is 0 Å². The van der Waals surface area contributed by atoms with E-state index in [2.05, 4.69) is 10.3 Å². The van der Waals surface area contributed by atoms with Gasteiger partial charge in [0.1, 0.15) is 0 Å². The molecule has 0 spiro atoms. The van der Waals surface area contributed by atoms with Crippen LogP contribution in [0.25, 0.3) is 0 Å². The fourth-order valence-corrected chi connectivity index (χ4v) is 4.52. The highest BCUT2D eigenvalue weighted by Gasteiger charge is 2.41. The van der Waals surface area contributed by atoms with E-state index in [0.29, 0.717) is 27.7 Å². The van der Waals surface area contributed by atoms with Crippen molar-refractivity contribution in [2.45, 2.75) is 52.6 Å². The lowest BCUT2D eigenvalue weighted by molar-refractivity contribution is -0.384. The maximum Gasteiger partial charge on any atom is 0.338 e. The molecule has 0 aliphatic carbocycles. The molecular formula is C22H26N4O5S. The van der Waals surface area contributed by atoms with Crippen LogP contribution in [0.2, 0.25) is 0 Å². The van der Waals surface area contributed by atoms with Crippen LogP contribution in [-0.4, -0.2) is 39.5 Å². The van der Waals surface area contributed by atoms with E-state index < -0.39 is 16.9 Å². The molecular weight excluding hydrogens is 432 g/mol. The lowest BCUT2D eigenvalue weighted by atomic mass is 9.93. The first-order chi connectivity index (χ1) is 15.3. The average Bonchev–Trinajstić information content (AvgIpc) is 3.14. The van der Waals surface area contributed by atoms with Crippen molar-refractivity contribution in [1.29, 1.82) is 0 Å². The van der Waals surface area contributed by atoms with Crippen LogP contribution in [0.5, 0.6) is 0 Å². The first-order valence-corrected chi connectivity index (χ1v) is 11.3. The highest BCUT2D eigenvalue weighted by atomic mass is 32.2. The fraction of sp³-hybridized carbons (Fsp3) is 0.409. The van der Waals surface area contributed by atoms with Crippen molar-refractivity contribution in [1.82, 2.24) is 10.2 Å². The number of carbonyl (C=O) groups excluding carboxylic acids is 2. The molecule has 0 unspecified atom stereocenters. The number of allylic oxidation sites excluding steroid dienone is 1. The van der Waals surface area contributed by atoms with E-state index in [1.165, 1.54) is 23.9 Å². The average molecular weight is 459 g/mol. The molecule has 2 heterocycles. The van der Waals surface area contributed by atoms with Gasteiger partial charge >= 0.3 is 5.97 Å². The van der Waals surface area contributed by atoms with Gasteiger partial charge in [-0.1, -0.05) is 30.8 Å². The molecule has 10 heteroatoms. The van der Waals surface area contributed by atoms with E-state index >= 15 is 0 Å². The Bertz CT molecular complexity index is 1030. The van der Waals surface area contributed by atoms with Crippen LogP contribution in [-0.2, 0) is 14.3 Å². The minimum atomic E-state index is -0.695. The summed E-state index contributed by atoms with van der Waals surface area (Å²) < 4.78 is 5.28. The quantitative estimate of drug-likeness (QED) is 0.355. The first kappa shape index (κ1) is 23.5. The maximum atomic E-state index is 12.9. The number of amides is 1. The van der Waals surface area contributed by atoms with Crippen LogP contribution < -0.4 is 5.32 Å². The molecule has 1 N–H and O–H groups in total. The predicted octanol–water partition coefficient (Wildman–Crippen LogP) is 4.04. The number of aliphatic imine (C=N–C) groups is 1. The summed E-state index contributed by atoms with van der Waals surface area (Å²) in [6.07, 6.45) is 0.901. The van der Waals surface area contributed by atoms with Gasteiger partial charge in [-0.2, -0.15) is 0 Å². The standard InChI is InChI=1S/C22H26N4O5S/c1-5-13(3)23-18(27)11-17-12-32-22-24-14(4)19(21(28)31-6-2)20(25(17)22)15-8-7-9-16(10-15)26(29)30/h7-10,12-13,20H,5-6,11H2,1-4H3,(H,23,27)/t13-,20+/m1/s1. The molecule has 1 aromatic carbocycles. The van der Waals surface area contributed by atoms with Crippen LogP contribution in [0.4, 0.5) is 5.69 Å². The normalized spacial score (nSPS) is 18.5. The van der Waals surface area contributed by atoms with E-state index in [4.69, 9.17) is 4.74 Å². The highest BCUT2D eigenvalue weighted by Crippen LogP contribution is 2.45. The van der Waals surface area contributed by atoms with E-state index in [1.54, 1.807) is 30.9 Å². The minimum Gasteiger partial charge on any atom is -0.463 e. The van der Waals surface area contributed by atoms with Crippen molar-refractivity contribution in [2.75, 3.05) is 6.61 Å². The van der Waals surface area contributed by atoms with Gasteiger partial charge in [0.25, 0.3) is 5.69 Å². The molecule has 0 fully saturated rings. The van der Waals surface area contributed by atoms with Gasteiger partial charge in [0.15, 0.2) is 5.17 Å². The first-order valence-electron chi connectivity index (χ1n) is 10.4. The Labute approximate surface area is 190 Å². The zero-order chi connectivity index (χ0) is 23.4. The van der Waals surface area contributed by atoms with Crippen LogP contribution >= 0.6 is 11.8 Å². The van der Waals surface area contributed by atoms with E-state index in [-0.39, 0.29) is 30.7 Å². The number of fused-ring (bicyclic) bond motifs is 1. The van der Waals surface area contributed by atoms with Crippen molar-refractivity contribution in [3.05, 3.63) is 62.3 Å². The largest absolute Gasteiger partial charge is 0.463 e. The number of hydrogen-bond donors (Lipinski definition) is 1. The number of nitro benzene ring substituents is 1. The number of nitro groups is 1. The molecule has 170 valence electrons. The number of amidine groups is 1. The van der Waals surface area contributed by atoms with Gasteiger partial charge in [-0.25, -0.2) is 9.79 Å². The second-order valence-corrected chi connectivity index (χ2v) is 8.36. The lowest BCUT2D eigenvalue weighted by Gasteiger charge is -2.36. The topological polar surface area (TPSA) is 114 Å². The molecule has 1 amide bonds.